The maximum absolute atomic E-state index is 11.1. The van der Waals surface area contributed by atoms with Crippen molar-refractivity contribution < 1.29 is 13.9 Å². The van der Waals surface area contributed by atoms with Gasteiger partial charge in [0.05, 0.1) is 13.3 Å². The molecule has 0 spiro atoms. The summed E-state index contributed by atoms with van der Waals surface area (Å²) >= 11 is 3.34. The standard InChI is InChI=1S/C11H8BrNO3/c1-15-11(14)10-13-6-9(16-10)7-2-4-8(12)5-3-7/h2-6H,1H3. The molecule has 2 aromatic rings. The molecular formula is C11H8BrNO3. The average Bonchev–Trinajstić information content (AvgIpc) is 2.78. The molecule has 0 saturated heterocycles. The van der Waals surface area contributed by atoms with Crippen molar-refractivity contribution in [3.8, 4) is 11.3 Å². The Hall–Kier alpha value is -1.62. The van der Waals surface area contributed by atoms with E-state index in [1.165, 1.54) is 13.3 Å². The van der Waals surface area contributed by atoms with Crippen molar-refractivity contribution in [3.63, 3.8) is 0 Å². The maximum atomic E-state index is 11.1. The van der Waals surface area contributed by atoms with Gasteiger partial charge in [-0.3, -0.25) is 0 Å². The number of methoxy groups -OCH3 is 1. The van der Waals surface area contributed by atoms with E-state index in [0.29, 0.717) is 5.76 Å². The summed E-state index contributed by atoms with van der Waals surface area (Å²) < 4.78 is 10.7. The van der Waals surface area contributed by atoms with Crippen LogP contribution >= 0.6 is 15.9 Å². The average molecular weight is 282 g/mol. The molecule has 82 valence electrons. The minimum absolute atomic E-state index is 0.0413. The number of hydrogen-bond donors (Lipinski definition) is 0. The third-order valence-electron chi connectivity index (χ3n) is 1.99. The summed E-state index contributed by atoms with van der Waals surface area (Å²) in [4.78, 5) is 15.0. The molecule has 0 amide bonds. The minimum Gasteiger partial charge on any atom is -0.462 e. The Kier molecular flexibility index (Phi) is 3.05. The zero-order valence-corrected chi connectivity index (χ0v) is 10.0. The summed E-state index contributed by atoms with van der Waals surface area (Å²) in [7, 11) is 1.28. The first-order chi connectivity index (χ1) is 7.70. The van der Waals surface area contributed by atoms with E-state index in [1.807, 2.05) is 24.3 Å². The molecule has 5 heteroatoms. The van der Waals surface area contributed by atoms with Gasteiger partial charge in [-0.1, -0.05) is 28.1 Å². The number of aromatic nitrogens is 1. The molecule has 1 aromatic carbocycles. The number of nitrogens with zero attached hydrogens (tertiary/aromatic N) is 1. The lowest BCUT2D eigenvalue weighted by Gasteiger charge is -1.95. The molecule has 2 rings (SSSR count). The second kappa shape index (κ2) is 4.49. The number of esters is 1. The Morgan fingerprint density at radius 3 is 2.69 bits per heavy atom. The van der Waals surface area contributed by atoms with Crippen molar-refractivity contribution in [2.24, 2.45) is 0 Å². The Labute approximate surface area is 100 Å². The molecule has 0 atom stereocenters. The van der Waals surface area contributed by atoms with Gasteiger partial charge in [-0.2, -0.15) is 0 Å². The molecule has 16 heavy (non-hydrogen) atoms. The lowest BCUT2D eigenvalue weighted by atomic mass is 10.2. The molecule has 1 aromatic heterocycles. The maximum Gasteiger partial charge on any atom is 0.394 e. The van der Waals surface area contributed by atoms with Crippen LogP contribution in [0.3, 0.4) is 0 Å². The highest BCUT2D eigenvalue weighted by molar-refractivity contribution is 9.10. The van der Waals surface area contributed by atoms with E-state index in [0.717, 1.165) is 10.0 Å². The number of oxazole rings is 1. The number of carbonyl (C=O) groups is 1. The highest BCUT2D eigenvalue weighted by Crippen LogP contribution is 2.22. The number of benzene rings is 1. The third-order valence-corrected chi connectivity index (χ3v) is 2.52. The fourth-order valence-corrected chi connectivity index (χ4v) is 1.47. The van der Waals surface area contributed by atoms with Crippen LogP contribution < -0.4 is 0 Å². The van der Waals surface area contributed by atoms with Crippen LogP contribution in [0.1, 0.15) is 10.7 Å². The fraction of sp³-hybridized carbons (Fsp3) is 0.0909. The Morgan fingerprint density at radius 2 is 2.06 bits per heavy atom. The summed E-state index contributed by atoms with van der Waals surface area (Å²) in [5, 5.41) is 0. The smallest absolute Gasteiger partial charge is 0.394 e. The Morgan fingerprint density at radius 1 is 1.38 bits per heavy atom. The molecule has 0 bridgehead atoms. The van der Waals surface area contributed by atoms with Gasteiger partial charge in [0.1, 0.15) is 0 Å². The van der Waals surface area contributed by atoms with Crippen LogP contribution in [-0.2, 0) is 4.74 Å². The Balaban J connectivity index is 2.31. The van der Waals surface area contributed by atoms with Gasteiger partial charge >= 0.3 is 11.9 Å². The quantitative estimate of drug-likeness (QED) is 0.795. The number of hydrogen-bond acceptors (Lipinski definition) is 4. The van der Waals surface area contributed by atoms with Gasteiger partial charge in [0.25, 0.3) is 0 Å². The first-order valence-corrected chi connectivity index (χ1v) is 5.30. The van der Waals surface area contributed by atoms with Crippen LogP contribution in [0, 0.1) is 0 Å². The van der Waals surface area contributed by atoms with E-state index in [-0.39, 0.29) is 5.89 Å². The lowest BCUT2D eigenvalue weighted by Crippen LogP contribution is -2.00. The van der Waals surface area contributed by atoms with Crippen LogP contribution in [0.15, 0.2) is 39.4 Å². The van der Waals surface area contributed by atoms with Crippen molar-refractivity contribution in [1.29, 1.82) is 0 Å². The molecule has 0 aliphatic heterocycles. The number of halogens is 1. The fourth-order valence-electron chi connectivity index (χ4n) is 1.20. The van der Waals surface area contributed by atoms with Crippen LogP contribution in [0.4, 0.5) is 0 Å². The summed E-state index contributed by atoms with van der Waals surface area (Å²) in [6.07, 6.45) is 1.50. The molecule has 0 saturated carbocycles. The molecule has 0 unspecified atom stereocenters. The first-order valence-electron chi connectivity index (χ1n) is 4.51. The summed E-state index contributed by atoms with van der Waals surface area (Å²) in [6.45, 7) is 0. The molecular weight excluding hydrogens is 274 g/mol. The molecule has 1 heterocycles. The highest BCUT2D eigenvalue weighted by atomic mass is 79.9. The van der Waals surface area contributed by atoms with E-state index >= 15 is 0 Å². The van der Waals surface area contributed by atoms with E-state index in [9.17, 15) is 4.79 Å². The molecule has 0 aliphatic carbocycles. The zero-order valence-electron chi connectivity index (χ0n) is 8.44. The van der Waals surface area contributed by atoms with Gasteiger partial charge in [-0.05, 0) is 12.1 Å². The minimum atomic E-state index is -0.580. The van der Waals surface area contributed by atoms with E-state index < -0.39 is 5.97 Å². The van der Waals surface area contributed by atoms with Gasteiger partial charge in [0.2, 0.25) is 0 Å². The van der Waals surface area contributed by atoms with Crippen LogP contribution in [0.2, 0.25) is 0 Å². The Bertz CT molecular complexity index is 504. The van der Waals surface area contributed by atoms with E-state index in [4.69, 9.17) is 4.42 Å². The summed E-state index contributed by atoms with van der Waals surface area (Å²) in [6, 6.07) is 7.50. The molecule has 0 radical (unpaired) electrons. The SMILES string of the molecule is COC(=O)c1ncc(-c2ccc(Br)cc2)o1. The predicted molar refractivity (Wildman–Crippen MR) is 61.0 cm³/mol. The van der Waals surface area contributed by atoms with Crippen LogP contribution in [0.5, 0.6) is 0 Å². The topological polar surface area (TPSA) is 52.3 Å². The largest absolute Gasteiger partial charge is 0.462 e. The lowest BCUT2D eigenvalue weighted by molar-refractivity contribution is 0.0557. The van der Waals surface area contributed by atoms with Gasteiger partial charge in [0.15, 0.2) is 5.76 Å². The van der Waals surface area contributed by atoms with Gasteiger partial charge in [-0.25, -0.2) is 9.78 Å². The van der Waals surface area contributed by atoms with Crippen molar-refractivity contribution in [2.75, 3.05) is 7.11 Å². The normalized spacial score (nSPS) is 10.1. The monoisotopic (exact) mass is 281 g/mol. The molecule has 0 N–H and O–H groups in total. The molecule has 4 nitrogen and oxygen atoms in total. The van der Waals surface area contributed by atoms with Crippen LogP contribution in [-0.4, -0.2) is 18.1 Å². The predicted octanol–water partition coefficient (Wildman–Crippen LogP) is 2.89. The second-order valence-corrected chi connectivity index (χ2v) is 3.94. The van der Waals surface area contributed by atoms with Crippen LogP contribution in [0.25, 0.3) is 11.3 Å². The van der Waals surface area contributed by atoms with E-state index in [2.05, 4.69) is 25.7 Å². The van der Waals surface area contributed by atoms with Crippen molar-refractivity contribution in [1.82, 2.24) is 4.98 Å². The van der Waals surface area contributed by atoms with Gasteiger partial charge < -0.3 is 9.15 Å². The number of ether oxygens (including phenoxy) is 1. The summed E-state index contributed by atoms with van der Waals surface area (Å²) in [5.74, 6) is -0.0864. The molecule has 0 fully saturated rings. The van der Waals surface area contributed by atoms with Crippen molar-refractivity contribution in [3.05, 3.63) is 40.8 Å². The van der Waals surface area contributed by atoms with Gasteiger partial charge in [0, 0.05) is 10.0 Å². The first kappa shape index (κ1) is 10.9. The second-order valence-electron chi connectivity index (χ2n) is 3.03. The number of rotatable bonds is 2. The zero-order chi connectivity index (χ0) is 11.5. The van der Waals surface area contributed by atoms with Crippen molar-refractivity contribution in [2.45, 2.75) is 0 Å². The summed E-state index contributed by atoms with van der Waals surface area (Å²) in [5.41, 5.74) is 0.853. The molecule has 0 aliphatic rings. The third kappa shape index (κ3) is 2.14. The van der Waals surface area contributed by atoms with Crippen molar-refractivity contribution >= 4 is 21.9 Å². The number of carbonyl (C=O) groups excluding carboxylic acids is 1. The highest BCUT2D eigenvalue weighted by Gasteiger charge is 2.13. The van der Waals surface area contributed by atoms with E-state index in [1.54, 1.807) is 0 Å². The van der Waals surface area contributed by atoms with Gasteiger partial charge in [-0.15, -0.1) is 0 Å².